The molecule has 0 saturated heterocycles. The van der Waals surface area contributed by atoms with Crippen molar-refractivity contribution in [1.29, 1.82) is 0 Å². The predicted molar refractivity (Wildman–Crippen MR) is 227 cm³/mol. The van der Waals surface area contributed by atoms with Crippen molar-refractivity contribution in [3.63, 3.8) is 0 Å². The van der Waals surface area contributed by atoms with Crippen molar-refractivity contribution in [2.45, 2.75) is 0 Å². The molecule has 0 aliphatic heterocycles. The summed E-state index contributed by atoms with van der Waals surface area (Å²) in [4.78, 5) is 15.2. The van der Waals surface area contributed by atoms with E-state index in [0.717, 1.165) is 55.3 Å². The van der Waals surface area contributed by atoms with Crippen LogP contribution in [-0.4, -0.2) is 15.0 Å². The highest BCUT2D eigenvalue weighted by atomic mass is 16.3. The van der Waals surface area contributed by atoms with Crippen LogP contribution >= 0.6 is 0 Å². The molecule has 11 rings (SSSR count). The van der Waals surface area contributed by atoms with Gasteiger partial charge in [0.2, 0.25) is 0 Å². The number of para-hydroxylation sites is 1. The summed E-state index contributed by atoms with van der Waals surface area (Å²) in [5.74, 6) is 1.87. The second kappa shape index (κ2) is 12.6. The van der Waals surface area contributed by atoms with Crippen LogP contribution in [-0.2, 0) is 0 Å². The standard InChI is InChI=1S/C51H31N3O/c1-2-13-34(14-3-1)49-52-50(54-51(53-49)38-17-10-16-36(30-38)41-21-11-23-46-48(41)43-20-8-9-22-45(43)55-46)35-26-24-33(25-27-35)44-31-37-15-5-7-19-40(37)47-39-18-6-4-12-32(39)28-29-42(44)47/h1-31H. The zero-order valence-corrected chi connectivity index (χ0v) is 29.6. The van der Waals surface area contributed by atoms with Crippen LogP contribution in [0.5, 0.6) is 0 Å². The Morgan fingerprint density at radius 3 is 1.65 bits per heavy atom. The van der Waals surface area contributed by atoms with Gasteiger partial charge in [0.05, 0.1) is 0 Å². The van der Waals surface area contributed by atoms with E-state index >= 15 is 0 Å². The number of rotatable bonds is 5. The summed E-state index contributed by atoms with van der Waals surface area (Å²) in [6.45, 7) is 0. The van der Waals surface area contributed by atoms with Crippen molar-refractivity contribution in [3.05, 3.63) is 188 Å². The van der Waals surface area contributed by atoms with Crippen molar-refractivity contribution in [2.75, 3.05) is 0 Å². The summed E-state index contributed by atoms with van der Waals surface area (Å²) in [6.07, 6.45) is 0. The molecule has 0 N–H and O–H groups in total. The maximum absolute atomic E-state index is 6.22. The van der Waals surface area contributed by atoms with Crippen LogP contribution < -0.4 is 0 Å². The maximum atomic E-state index is 6.22. The minimum absolute atomic E-state index is 0.617. The van der Waals surface area contributed by atoms with E-state index in [4.69, 9.17) is 19.4 Å². The van der Waals surface area contributed by atoms with Crippen molar-refractivity contribution in [2.24, 2.45) is 0 Å². The molecule has 0 amide bonds. The molecule has 0 unspecified atom stereocenters. The van der Waals surface area contributed by atoms with Gasteiger partial charge in [-0.3, -0.25) is 0 Å². The Balaban J connectivity index is 1.04. The third kappa shape index (κ3) is 5.26. The van der Waals surface area contributed by atoms with Gasteiger partial charge < -0.3 is 4.42 Å². The van der Waals surface area contributed by atoms with E-state index in [0.29, 0.717) is 17.5 Å². The lowest BCUT2D eigenvalue weighted by Crippen LogP contribution is -2.00. The molecule has 2 aromatic heterocycles. The quantitative estimate of drug-likeness (QED) is 0.168. The van der Waals surface area contributed by atoms with Gasteiger partial charge in [0.15, 0.2) is 17.5 Å². The molecule has 0 aliphatic rings. The van der Waals surface area contributed by atoms with Crippen LogP contribution in [0.3, 0.4) is 0 Å². The van der Waals surface area contributed by atoms with E-state index < -0.39 is 0 Å². The summed E-state index contributed by atoms with van der Waals surface area (Å²) in [6, 6.07) is 65.8. The molecule has 0 spiro atoms. The summed E-state index contributed by atoms with van der Waals surface area (Å²) in [5, 5.41) is 9.70. The van der Waals surface area contributed by atoms with E-state index in [1.54, 1.807) is 0 Å². The molecular formula is C51H31N3O. The van der Waals surface area contributed by atoms with Gasteiger partial charge in [-0.25, -0.2) is 15.0 Å². The molecule has 0 bridgehead atoms. The number of furan rings is 1. The number of hydrogen-bond donors (Lipinski definition) is 0. The Bertz CT molecular complexity index is 3240. The SMILES string of the molecule is c1ccc(-c2nc(-c3ccc(-c4cc5ccccc5c5c4ccc4ccccc45)cc3)nc(-c3cccc(-c4cccc5oc6ccccc6c45)c3)n2)cc1. The molecule has 4 nitrogen and oxygen atoms in total. The lowest BCUT2D eigenvalue weighted by molar-refractivity contribution is 0.669. The number of benzene rings is 9. The van der Waals surface area contributed by atoms with Crippen LogP contribution in [0.2, 0.25) is 0 Å². The fraction of sp³-hybridized carbons (Fsp3) is 0. The Kier molecular flexibility index (Phi) is 7.14. The predicted octanol–water partition coefficient (Wildman–Crippen LogP) is 13.6. The van der Waals surface area contributed by atoms with Crippen LogP contribution in [0.15, 0.2) is 192 Å². The van der Waals surface area contributed by atoms with Crippen LogP contribution in [0.4, 0.5) is 0 Å². The number of aromatic nitrogens is 3. The summed E-state index contributed by atoms with van der Waals surface area (Å²) >= 11 is 0. The highest BCUT2D eigenvalue weighted by molar-refractivity contribution is 6.24. The van der Waals surface area contributed by atoms with Crippen molar-refractivity contribution in [1.82, 2.24) is 15.0 Å². The van der Waals surface area contributed by atoms with E-state index in [-0.39, 0.29) is 0 Å². The lowest BCUT2D eigenvalue weighted by atomic mass is 9.90. The van der Waals surface area contributed by atoms with Crippen molar-refractivity contribution < 1.29 is 4.42 Å². The van der Waals surface area contributed by atoms with Gasteiger partial charge in [0.25, 0.3) is 0 Å². The van der Waals surface area contributed by atoms with Gasteiger partial charge >= 0.3 is 0 Å². The molecule has 4 heteroatoms. The first-order valence-electron chi connectivity index (χ1n) is 18.5. The normalized spacial score (nSPS) is 11.6. The van der Waals surface area contributed by atoms with E-state index in [2.05, 4.69) is 133 Å². The second-order valence-corrected chi connectivity index (χ2v) is 14.0. The summed E-state index contributed by atoms with van der Waals surface area (Å²) in [5.41, 5.74) is 9.02. The topological polar surface area (TPSA) is 51.8 Å². The van der Waals surface area contributed by atoms with Gasteiger partial charge in [-0.1, -0.05) is 164 Å². The van der Waals surface area contributed by atoms with Gasteiger partial charge in [-0.05, 0) is 78.8 Å². The first-order valence-corrected chi connectivity index (χ1v) is 18.5. The molecule has 0 fully saturated rings. The molecule has 2 heterocycles. The molecule has 55 heavy (non-hydrogen) atoms. The van der Waals surface area contributed by atoms with Gasteiger partial charge in [0.1, 0.15) is 11.2 Å². The Labute approximate surface area is 317 Å². The minimum Gasteiger partial charge on any atom is -0.456 e. The molecule has 0 atom stereocenters. The van der Waals surface area contributed by atoms with Crippen LogP contribution in [0.25, 0.3) is 111 Å². The van der Waals surface area contributed by atoms with E-state index in [1.165, 1.54) is 37.9 Å². The third-order valence-electron chi connectivity index (χ3n) is 10.7. The average Bonchev–Trinajstić information content (AvgIpc) is 3.65. The van der Waals surface area contributed by atoms with E-state index in [9.17, 15) is 0 Å². The van der Waals surface area contributed by atoms with Crippen LogP contribution in [0.1, 0.15) is 0 Å². The largest absolute Gasteiger partial charge is 0.456 e. The highest BCUT2D eigenvalue weighted by Crippen LogP contribution is 2.40. The lowest BCUT2D eigenvalue weighted by Gasteiger charge is -2.14. The fourth-order valence-electron chi connectivity index (χ4n) is 8.10. The minimum atomic E-state index is 0.617. The number of nitrogens with zero attached hydrogens (tertiary/aromatic N) is 3. The Morgan fingerprint density at radius 2 is 0.855 bits per heavy atom. The van der Waals surface area contributed by atoms with Gasteiger partial charge in [-0.15, -0.1) is 0 Å². The first kappa shape index (κ1) is 31.1. The molecule has 0 aliphatic carbocycles. The van der Waals surface area contributed by atoms with Crippen LogP contribution in [0, 0.1) is 0 Å². The zero-order chi connectivity index (χ0) is 36.3. The zero-order valence-electron chi connectivity index (χ0n) is 29.6. The highest BCUT2D eigenvalue weighted by Gasteiger charge is 2.17. The molecule has 0 radical (unpaired) electrons. The molecule has 9 aromatic carbocycles. The Morgan fingerprint density at radius 1 is 0.291 bits per heavy atom. The number of fused-ring (bicyclic) bond motifs is 8. The monoisotopic (exact) mass is 701 g/mol. The molecule has 256 valence electrons. The second-order valence-electron chi connectivity index (χ2n) is 14.0. The summed E-state index contributed by atoms with van der Waals surface area (Å²) in [7, 11) is 0. The first-order chi connectivity index (χ1) is 27.2. The van der Waals surface area contributed by atoms with Crippen molar-refractivity contribution in [3.8, 4) is 56.4 Å². The average molecular weight is 702 g/mol. The smallest absolute Gasteiger partial charge is 0.164 e. The van der Waals surface area contributed by atoms with Gasteiger partial charge in [-0.2, -0.15) is 0 Å². The molecular weight excluding hydrogens is 671 g/mol. The fourth-order valence-corrected chi connectivity index (χ4v) is 8.10. The van der Waals surface area contributed by atoms with E-state index in [1.807, 2.05) is 54.6 Å². The molecule has 11 aromatic rings. The molecule has 0 saturated carbocycles. The summed E-state index contributed by atoms with van der Waals surface area (Å²) < 4.78 is 6.22. The third-order valence-corrected chi connectivity index (χ3v) is 10.7. The maximum Gasteiger partial charge on any atom is 0.164 e. The Hall–Kier alpha value is -7.43. The van der Waals surface area contributed by atoms with Gasteiger partial charge in [0, 0.05) is 27.5 Å². The van der Waals surface area contributed by atoms with Crippen molar-refractivity contribution >= 4 is 54.3 Å². The number of hydrogen-bond acceptors (Lipinski definition) is 4.